The smallest absolute Gasteiger partial charge is 0.267 e. The summed E-state index contributed by atoms with van der Waals surface area (Å²) in [6, 6.07) is 1.92. The Hall–Kier alpha value is -1.37. The highest BCUT2D eigenvalue weighted by Crippen LogP contribution is 2.34. The van der Waals surface area contributed by atoms with Gasteiger partial charge in [0, 0.05) is 7.05 Å². The zero-order chi connectivity index (χ0) is 14.2. The maximum absolute atomic E-state index is 12.9. The van der Waals surface area contributed by atoms with E-state index in [-0.39, 0.29) is 6.04 Å². The van der Waals surface area contributed by atoms with Crippen molar-refractivity contribution < 1.29 is 9.18 Å². The SMILES string of the molecule is Cc1cc([C@H](C)NC2=NC(=O)C(C)(CF)S2)n(C)n1. The largest absolute Gasteiger partial charge is 0.356 e. The highest BCUT2D eigenvalue weighted by Gasteiger charge is 2.41. The van der Waals surface area contributed by atoms with Crippen molar-refractivity contribution in [2.45, 2.75) is 31.6 Å². The van der Waals surface area contributed by atoms with Crippen molar-refractivity contribution in [3.05, 3.63) is 17.5 Å². The summed E-state index contributed by atoms with van der Waals surface area (Å²) in [4.78, 5) is 15.5. The quantitative estimate of drug-likeness (QED) is 0.918. The van der Waals surface area contributed by atoms with Gasteiger partial charge in [-0.2, -0.15) is 10.1 Å². The van der Waals surface area contributed by atoms with Crippen molar-refractivity contribution in [3.63, 3.8) is 0 Å². The minimum Gasteiger partial charge on any atom is -0.356 e. The molecule has 0 aliphatic carbocycles. The average Bonchev–Trinajstić information content (AvgIpc) is 2.80. The molecule has 5 nitrogen and oxygen atoms in total. The van der Waals surface area contributed by atoms with Crippen LogP contribution in [0.4, 0.5) is 4.39 Å². The number of hydrogen-bond donors (Lipinski definition) is 1. The van der Waals surface area contributed by atoms with Gasteiger partial charge in [0.1, 0.15) is 11.4 Å². The van der Waals surface area contributed by atoms with E-state index in [1.807, 2.05) is 27.0 Å². The first-order valence-corrected chi connectivity index (χ1v) is 6.82. The summed E-state index contributed by atoms with van der Waals surface area (Å²) < 4.78 is 13.6. The van der Waals surface area contributed by atoms with E-state index >= 15 is 0 Å². The van der Waals surface area contributed by atoms with Crippen LogP contribution in [0.25, 0.3) is 0 Å². The van der Waals surface area contributed by atoms with E-state index in [1.54, 1.807) is 11.6 Å². The molecule has 0 bridgehead atoms. The van der Waals surface area contributed by atoms with Crippen LogP contribution in [0.15, 0.2) is 11.1 Å². The molecule has 1 amide bonds. The minimum absolute atomic E-state index is 0.0489. The van der Waals surface area contributed by atoms with Gasteiger partial charge in [-0.3, -0.25) is 9.48 Å². The number of carbonyl (C=O) groups excluding carboxylic acids is 1. The molecule has 0 spiro atoms. The zero-order valence-corrected chi connectivity index (χ0v) is 12.2. The summed E-state index contributed by atoms with van der Waals surface area (Å²) in [5.41, 5.74) is 1.92. The summed E-state index contributed by atoms with van der Waals surface area (Å²) in [6.45, 7) is 4.72. The lowest BCUT2D eigenvalue weighted by Gasteiger charge is -2.17. The van der Waals surface area contributed by atoms with Gasteiger partial charge in [-0.1, -0.05) is 11.8 Å². The number of halogens is 1. The molecular formula is C12H17FN4OS. The lowest BCUT2D eigenvalue weighted by Crippen LogP contribution is -2.31. The summed E-state index contributed by atoms with van der Waals surface area (Å²) in [5.74, 6) is -0.420. The number of aliphatic imine (C=N–C) groups is 1. The number of amides is 1. The van der Waals surface area contributed by atoms with Gasteiger partial charge >= 0.3 is 0 Å². The number of nitrogens with zero attached hydrogens (tertiary/aromatic N) is 3. The second-order valence-electron chi connectivity index (χ2n) is 4.89. The van der Waals surface area contributed by atoms with Gasteiger partial charge in [0.15, 0.2) is 5.17 Å². The molecule has 19 heavy (non-hydrogen) atoms. The topological polar surface area (TPSA) is 59.3 Å². The Morgan fingerprint density at radius 2 is 2.32 bits per heavy atom. The standard InChI is InChI=1S/C12H17FN4OS/c1-7-5-9(17(4)16-7)8(2)14-11-15-10(18)12(3,6-13)19-11/h5,8H,6H2,1-4H3,(H,14,15,18)/t8-,12?/m0/s1. The number of aromatic nitrogens is 2. The van der Waals surface area contributed by atoms with Crippen molar-refractivity contribution in [1.29, 1.82) is 0 Å². The van der Waals surface area contributed by atoms with Crippen LogP contribution in [0.2, 0.25) is 0 Å². The number of carbonyl (C=O) groups is 1. The zero-order valence-electron chi connectivity index (χ0n) is 11.4. The first-order valence-electron chi connectivity index (χ1n) is 6.01. The number of thioether (sulfide) groups is 1. The lowest BCUT2D eigenvalue weighted by molar-refractivity contribution is -0.119. The molecule has 0 aromatic carbocycles. The number of alkyl halides is 1. The molecule has 2 rings (SSSR count). The molecule has 1 aromatic rings. The molecule has 0 fully saturated rings. The van der Waals surface area contributed by atoms with E-state index in [0.717, 1.165) is 23.1 Å². The van der Waals surface area contributed by atoms with Gasteiger partial charge in [-0.05, 0) is 26.8 Å². The fourth-order valence-corrected chi connectivity index (χ4v) is 2.91. The predicted molar refractivity (Wildman–Crippen MR) is 73.9 cm³/mol. The first-order chi connectivity index (χ1) is 8.85. The van der Waals surface area contributed by atoms with Gasteiger partial charge in [-0.15, -0.1) is 0 Å². The van der Waals surface area contributed by atoms with E-state index in [1.165, 1.54) is 0 Å². The van der Waals surface area contributed by atoms with Gasteiger partial charge in [0.2, 0.25) is 0 Å². The van der Waals surface area contributed by atoms with E-state index in [4.69, 9.17) is 0 Å². The lowest BCUT2D eigenvalue weighted by atomic mass is 10.2. The van der Waals surface area contributed by atoms with E-state index < -0.39 is 17.3 Å². The van der Waals surface area contributed by atoms with Crippen LogP contribution in [0.5, 0.6) is 0 Å². The van der Waals surface area contributed by atoms with Crippen molar-refractivity contribution in [2.24, 2.45) is 12.0 Å². The van der Waals surface area contributed by atoms with Crippen LogP contribution in [-0.2, 0) is 11.8 Å². The highest BCUT2D eigenvalue weighted by molar-refractivity contribution is 8.16. The van der Waals surface area contributed by atoms with Crippen LogP contribution in [0.1, 0.15) is 31.3 Å². The van der Waals surface area contributed by atoms with Gasteiger partial charge < -0.3 is 5.32 Å². The molecule has 104 valence electrons. The summed E-state index contributed by atoms with van der Waals surface area (Å²) >= 11 is 1.14. The van der Waals surface area contributed by atoms with Crippen LogP contribution in [0.3, 0.4) is 0 Å². The second kappa shape index (κ2) is 4.96. The van der Waals surface area contributed by atoms with Crippen LogP contribution in [0, 0.1) is 6.92 Å². The third-order valence-electron chi connectivity index (χ3n) is 3.05. The maximum atomic E-state index is 12.9. The number of hydrogen-bond acceptors (Lipinski definition) is 4. The number of amidine groups is 1. The Kier molecular flexibility index (Phi) is 3.66. The summed E-state index contributed by atoms with van der Waals surface area (Å²) in [6.07, 6.45) is 0. The average molecular weight is 284 g/mol. The van der Waals surface area contributed by atoms with E-state index in [2.05, 4.69) is 15.4 Å². The van der Waals surface area contributed by atoms with E-state index in [0.29, 0.717) is 5.17 Å². The van der Waals surface area contributed by atoms with Crippen LogP contribution < -0.4 is 5.32 Å². The van der Waals surface area contributed by atoms with Crippen LogP contribution >= 0.6 is 11.8 Å². The molecule has 1 N–H and O–H groups in total. The maximum Gasteiger partial charge on any atom is 0.267 e. The number of aryl methyl sites for hydroxylation is 2. The normalized spacial score (nSPS) is 24.5. The monoisotopic (exact) mass is 284 g/mol. The van der Waals surface area contributed by atoms with Crippen molar-refractivity contribution in [1.82, 2.24) is 15.1 Å². The van der Waals surface area contributed by atoms with Gasteiger partial charge in [0.25, 0.3) is 5.91 Å². The molecule has 2 heterocycles. The molecule has 0 saturated carbocycles. The molecule has 7 heteroatoms. The third kappa shape index (κ3) is 2.65. The minimum atomic E-state index is -1.08. The van der Waals surface area contributed by atoms with E-state index in [9.17, 15) is 9.18 Å². The Labute approximate surface area is 115 Å². The van der Waals surface area contributed by atoms with Gasteiger partial charge in [0.05, 0.1) is 17.4 Å². The molecule has 1 aliphatic rings. The Morgan fingerprint density at radius 3 is 2.79 bits per heavy atom. The number of nitrogens with one attached hydrogen (secondary N) is 1. The Balaban J connectivity index is 2.09. The molecule has 1 aliphatic heterocycles. The van der Waals surface area contributed by atoms with Gasteiger partial charge in [-0.25, -0.2) is 4.39 Å². The number of rotatable bonds is 3. The van der Waals surface area contributed by atoms with Crippen molar-refractivity contribution in [2.75, 3.05) is 6.67 Å². The third-order valence-corrected chi connectivity index (χ3v) is 4.19. The second-order valence-corrected chi connectivity index (χ2v) is 6.38. The molecule has 1 aromatic heterocycles. The fraction of sp³-hybridized carbons (Fsp3) is 0.583. The predicted octanol–water partition coefficient (Wildman–Crippen LogP) is 1.74. The molecule has 0 radical (unpaired) electrons. The van der Waals surface area contributed by atoms with Crippen molar-refractivity contribution in [3.8, 4) is 0 Å². The Morgan fingerprint density at radius 1 is 1.63 bits per heavy atom. The van der Waals surface area contributed by atoms with Crippen LogP contribution in [-0.4, -0.2) is 32.3 Å². The Bertz CT molecular complexity index is 542. The fourth-order valence-electron chi connectivity index (χ4n) is 1.93. The highest BCUT2D eigenvalue weighted by atomic mass is 32.2. The van der Waals surface area contributed by atoms with Crippen molar-refractivity contribution >= 4 is 22.8 Å². The molecule has 2 atom stereocenters. The molecule has 1 unspecified atom stereocenters. The first kappa shape index (κ1) is 14.0. The molecule has 0 saturated heterocycles. The molecular weight excluding hydrogens is 267 g/mol. The summed E-state index contributed by atoms with van der Waals surface area (Å²) in [5, 5.41) is 7.87. The summed E-state index contributed by atoms with van der Waals surface area (Å²) in [7, 11) is 1.86.